The van der Waals surface area contributed by atoms with E-state index < -0.39 is 0 Å². The lowest BCUT2D eigenvalue weighted by molar-refractivity contribution is 0.895. The molecule has 0 aromatic carbocycles. The Hall–Kier alpha value is 0.870. The van der Waals surface area contributed by atoms with E-state index in [1.165, 1.54) is 0 Å². The molecule has 1 atom stereocenters. The van der Waals surface area contributed by atoms with Crippen molar-refractivity contribution in [2.24, 2.45) is 0 Å². The summed E-state index contributed by atoms with van der Waals surface area (Å²) in [5, 5.41) is 0.356. The maximum absolute atomic E-state index is 5.46. The Morgan fingerprint density at radius 1 is 1.43 bits per heavy atom. The van der Waals surface area contributed by atoms with Crippen LogP contribution in [0.15, 0.2) is 0 Å². The molecule has 0 aromatic heterocycles. The van der Waals surface area contributed by atoms with Crippen molar-refractivity contribution < 1.29 is 0 Å². The third-order valence-corrected chi connectivity index (χ3v) is 0.871. The first-order valence-corrected chi connectivity index (χ1v) is 3.63. The summed E-state index contributed by atoms with van der Waals surface area (Å²) >= 11 is 5.46. The van der Waals surface area contributed by atoms with Crippen LogP contribution in [-0.2, 0) is 0 Å². The van der Waals surface area contributed by atoms with Gasteiger partial charge in [0.05, 0.1) is 0 Å². The Morgan fingerprint density at radius 2 is 1.57 bits per heavy atom. The van der Waals surface area contributed by atoms with Gasteiger partial charge < -0.3 is 0 Å². The summed E-state index contributed by atoms with van der Waals surface area (Å²) in [7, 11) is 8.22. The van der Waals surface area contributed by atoms with Crippen molar-refractivity contribution in [1.82, 2.24) is 0 Å². The Kier molecular flexibility index (Phi) is 15.4. The topological polar surface area (TPSA) is 0 Å². The highest BCUT2D eigenvalue weighted by Gasteiger charge is 1.83. The van der Waals surface area contributed by atoms with Gasteiger partial charge in [0.15, 0.2) is 0 Å². The highest BCUT2D eigenvalue weighted by molar-refractivity contribution is 6.85. The Balaban J connectivity index is 0. The van der Waals surface area contributed by atoms with E-state index in [4.69, 9.17) is 11.6 Å². The highest BCUT2D eigenvalue weighted by Crippen LogP contribution is 1.95. The van der Waals surface area contributed by atoms with Crippen LogP contribution < -0.4 is 0 Å². The number of alkyl halides is 1. The lowest BCUT2D eigenvalue weighted by Gasteiger charge is -1.87. The molecule has 0 fully saturated rings. The number of hydrogen-bond donors (Lipinski definition) is 0. The van der Waals surface area contributed by atoms with Crippen LogP contribution >= 0.6 is 33.3 Å². The van der Waals surface area contributed by atoms with E-state index >= 15 is 0 Å². The van der Waals surface area contributed by atoms with E-state index in [1.807, 2.05) is 6.92 Å². The molecule has 3 heteroatoms. The van der Waals surface area contributed by atoms with Crippen LogP contribution in [-0.4, -0.2) is 5.38 Å². The third kappa shape index (κ3) is 19.8. The molecule has 0 N–H and O–H groups in total. The van der Waals surface area contributed by atoms with E-state index in [1.54, 1.807) is 0 Å². The van der Waals surface area contributed by atoms with E-state index in [2.05, 4.69) is 28.6 Å². The number of hydrogen-bond acceptors (Lipinski definition) is 0. The zero-order chi connectivity index (χ0) is 6.28. The van der Waals surface area contributed by atoms with Gasteiger partial charge in [0.2, 0.25) is 0 Å². The standard InChI is InChI=1S/C4H9Cl.Cl2/c1-3-4(2)5;1-2/h4H,3H2,1-2H3;. The zero-order valence-corrected chi connectivity index (χ0v) is 6.69. The maximum atomic E-state index is 5.46. The predicted octanol–water partition coefficient (Wildman–Crippen LogP) is 3.40. The van der Waals surface area contributed by atoms with Gasteiger partial charge in [-0.05, 0) is 13.3 Å². The first-order chi connectivity index (χ1) is 3.27. The fourth-order valence-corrected chi connectivity index (χ4v) is 0. The smallest absolute Gasteiger partial charge is 0.0305 e. The maximum Gasteiger partial charge on any atom is 0.0305 e. The van der Waals surface area contributed by atoms with Crippen molar-refractivity contribution in [3.8, 4) is 0 Å². The average molecular weight is 163 g/mol. The summed E-state index contributed by atoms with van der Waals surface area (Å²) in [6.45, 7) is 4.05. The molecular formula is C4H9Cl3. The van der Waals surface area contributed by atoms with Crippen LogP contribution in [0, 0.1) is 0 Å². The van der Waals surface area contributed by atoms with Gasteiger partial charge >= 0.3 is 0 Å². The molecular weight excluding hydrogens is 154 g/mol. The molecule has 0 aliphatic heterocycles. The van der Waals surface area contributed by atoms with Crippen LogP contribution in [0.1, 0.15) is 20.3 Å². The van der Waals surface area contributed by atoms with Gasteiger partial charge in [-0.1, -0.05) is 6.92 Å². The summed E-state index contributed by atoms with van der Waals surface area (Å²) in [5.74, 6) is 0. The molecule has 0 spiro atoms. The van der Waals surface area contributed by atoms with Gasteiger partial charge in [-0.3, -0.25) is 0 Å². The largest absolute Gasteiger partial charge is 0.123 e. The van der Waals surface area contributed by atoms with Crippen molar-refractivity contribution in [1.29, 1.82) is 0 Å². The summed E-state index contributed by atoms with van der Waals surface area (Å²) in [5.41, 5.74) is 0. The van der Waals surface area contributed by atoms with Gasteiger partial charge in [-0.2, -0.15) is 0 Å². The van der Waals surface area contributed by atoms with Gasteiger partial charge in [-0.25, -0.2) is 0 Å². The van der Waals surface area contributed by atoms with Crippen LogP contribution in [0.25, 0.3) is 0 Å². The van der Waals surface area contributed by atoms with Crippen molar-refractivity contribution in [2.45, 2.75) is 25.6 Å². The molecule has 0 amide bonds. The van der Waals surface area contributed by atoms with E-state index in [0.29, 0.717) is 5.38 Å². The SMILES string of the molecule is CCC(C)Cl.ClCl. The first kappa shape index (κ1) is 10.8. The minimum Gasteiger partial charge on any atom is -0.123 e. The molecule has 0 saturated heterocycles. The molecule has 0 aliphatic rings. The summed E-state index contributed by atoms with van der Waals surface area (Å²) in [4.78, 5) is 0. The van der Waals surface area contributed by atoms with Gasteiger partial charge in [0.1, 0.15) is 0 Å². The molecule has 0 nitrogen and oxygen atoms in total. The zero-order valence-electron chi connectivity index (χ0n) is 4.42. The Morgan fingerprint density at radius 3 is 1.57 bits per heavy atom. The molecule has 0 heterocycles. The Bertz CT molecular complexity index is 20.9. The van der Waals surface area contributed by atoms with Crippen LogP contribution in [0.3, 0.4) is 0 Å². The molecule has 0 aromatic rings. The van der Waals surface area contributed by atoms with Gasteiger partial charge in [0, 0.05) is 27.1 Å². The van der Waals surface area contributed by atoms with Crippen molar-refractivity contribution >= 4 is 33.3 Å². The second-order valence-corrected chi connectivity index (χ2v) is 1.93. The molecule has 1 unspecified atom stereocenters. The summed E-state index contributed by atoms with van der Waals surface area (Å²) in [6.07, 6.45) is 1.07. The van der Waals surface area contributed by atoms with Crippen molar-refractivity contribution in [3.05, 3.63) is 0 Å². The summed E-state index contributed by atoms with van der Waals surface area (Å²) in [6, 6.07) is 0. The minimum absolute atomic E-state index is 0.356. The van der Waals surface area contributed by atoms with Crippen molar-refractivity contribution in [3.63, 3.8) is 0 Å². The second kappa shape index (κ2) is 9.98. The molecule has 46 valence electrons. The first-order valence-electron chi connectivity index (χ1n) is 2.05. The van der Waals surface area contributed by atoms with Crippen LogP contribution in [0.5, 0.6) is 0 Å². The quantitative estimate of drug-likeness (QED) is 0.520. The van der Waals surface area contributed by atoms with Crippen LogP contribution in [0.4, 0.5) is 0 Å². The van der Waals surface area contributed by atoms with Crippen LogP contribution in [0.2, 0.25) is 0 Å². The average Bonchev–Trinajstić information content (AvgIpc) is 1.73. The fourth-order valence-electron chi connectivity index (χ4n) is 0. The fraction of sp³-hybridized carbons (Fsp3) is 1.00. The molecule has 7 heavy (non-hydrogen) atoms. The molecule has 0 aliphatic carbocycles. The normalized spacial score (nSPS) is 11.6. The molecule has 0 rings (SSSR count). The predicted molar refractivity (Wildman–Crippen MR) is 37.3 cm³/mol. The molecule has 0 radical (unpaired) electrons. The number of halogens is 3. The van der Waals surface area contributed by atoms with E-state index in [0.717, 1.165) is 6.42 Å². The van der Waals surface area contributed by atoms with E-state index in [9.17, 15) is 0 Å². The third-order valence-electron chi connectivity index (χ3n) is 0.563. The number of rotatable bonds is 1. The molecule has 0 saturated carbocycles. The minimum atomic E-state index is 0.356. The second-order valence-electron chi connectivity index (χ2n) is 1.19. The lowest BCUT2D eigenvalue weighted by Crippen LogP contribution is -1.81. The van der Waals surface area contributed by atoms with Gasteiger partial charge in [0.25, 0.3) is 0 Å². The summed E-state index contributed by atoms with van der Waals surface area (Å²) < 4.78 is 0. The van der Waals surface area contributed by atoms with Gasteiger partial charge in [-0.15, -0.1) is 11.6 Å². The lowest BCUT2D eigenvalue weighted by atomic mass is 10.4. The van der Waals surface area contributed by atoms with Crippen molar-refractivity contribution in [2.75, 3.05) is 0 Å². The van der Waals surface area contributed by atoms with E-state index in [-0.39, 0.29) is 0 Å². The molecule has 0 bridgehead atoms. The Labute approximate surface area is 59.3 Å². The monoisotopic (exact) mass is 162 g/mol. The highest BCUT2D eigenvalue weighted by atomic mass is 36.5.